The minimum absolute atomic E-state index is 0.119. The summed E-state index contributed by atoms with van der Waals surface area (Å²) in [5.41, 5.74) is 17.9. The third kappa shape index (κ3) is 5.01. The first kappa shape index (κ1) is 15.7. The number of carbonyl (C=O) groups excluding carboxylic acids is 1. The quantitative estimate of drug-likeness (QED) is 0.456. The lowest BCUT2D eigenvalue weighted by atomic mass is 10.2. The van der Waals surface area contributed by atoms with E-state index in [1.165, 1.54) is 10.8 Å². The van der Waals surface area contributed by atoms with Crippen molar-refractivity contribution in [2.24, 2.45) is 5.73 Å². The van der Waals surface area contributed by atoms with E-state index in [-0.39, 0.29) is 18.0 Å². The first-order valence-electron chi connectivity index (χ1n) is 5.41. The van der Waals surface area contributed by atoms with Gasteiger partial charge in [0.15, 0.2) is 0 Å². The highest BCUT2D eigenvalue weighted by Crippen LogP contribution is 2.38. The molecule has 0 heterocycles. The molecule has 0 bridgehead atoms. The summed E-state index contributed by atoms with van der Waals surface area (Å²) in [6.45, 7) is 0. The smallest absolute Gasteiger partial charge is 0.303 e. The number of benzene rings is 1. The fourth-order valence-electron chi connectivity index (χ4n) is 1.18. The Morgan fingerprint density at radius 1 is 1.32 bits per heavy atom. The molecular weight excluding hydrogens is 286 g/mol. The predicted octanol–water partition coefficient (Wildman–Crippen LogP) is 1.31. The van der Waals surface area contributed by atoms with Crippen molar-refractivity contribution in [3.05, 3.63) is 18.2 Å². The summed E-state index contributed by atoms with van der Waals surface area (Å²) in [6, 6.07) is 4.36. The molecule has 1 atom stereocenters. The van der Waals surface area contributed by atoms with Crippen LogP contribution in [0.25, 0.3) is 0 Å². The van der Waals surface area contributed by atoms with Gasteiger partial charge in [-0.3, -0.25) is 9.59 Å². The minimum Gasteiger partial charge on any atom is -0.481 e. The van der Waals surface area contributed by atoms with Gasteiger partial charge >= 0.3 is 5.97 Å². The maximum Gasteiger partial charge on any atom is 0.303 e. The molecule has 0 amide bonds. The van der Waals surface area contributed by atoms with E-state index in [4.69, 9.17) is 22.3 Å². The van der Waals surface area contributed by atoms with Crippen LogP contribution in [0.4, 0.5) is 11.4 Å². The van der Waals surface area contributed by atoms with Gasteiger partial charge in [0, 0.05) is 11.3 Å². The minimum atomic E-state index is -0.971. The number of hydrogen-bond acceptors (Lipinski definition) is 7. The Hall–Kier alpha value is -1.38. The molecule has 0 aliphatic carbocycles. The molecule has 0 aliphatic heterocycles. The maximum absolute atomic E-state index is 11.7. The van der Waals surface area contributed by atoms with Gasteiger partial charge in [0.2, 0.25) is 5.12 Å². The number of aliphatic carboxylic acids is 1. The molecule has 0 spiro atoms. The van der Waals surface area contributed by atoms with Crippen LogP contribution in [-0.2, 0) is 9.59 Å². The summed E-state index contributed by atoms with van der Waals surface area (Å²) >= 11 is 0. The van der Waals surface area contributed by atoms with E-state index in [1.807, 2.05) is 0 Å². The molecule has 6 nitrogen and oxygen atoms in total. The number of nitrogen functional groups attached to an aromatic ring is 2. The number of rotatable bonds is 6. The van der Waals surface area contributed by atoms with Crippen molar-refractivity contribution in [1.82, 2.24) is 0 Å². The summed E-state index contributed by atoms with van der Waals surface area (Å²) in [5.74, 6) is -0.971. The van der Waals surface area contributed by atoms with Gasteiger partial charge in [0.1, 0.15) is 0 Å². The van der Waals surface area contributed by atoms with Crippen LogP contribution in [0.1, 0.15) is 12.8 Å². The van der Waals surface area contributed by atoms with Gasteiger partial charge < -0.3 is 22.3 Å². The molecule has 0 saturated carbocycles. The van der Waals surface area contributed by atoms with Crippen molar-refractivity contribution in [2.75, 3.05) is 11.5 Å². The third-order valence-corrected chi connectivity index (χ3v) is 4.65. The average Bonchev–Trinajstić information content (AvgIpc) is 2.37. The molecule has 0 fully saturated rings. The Balaban J connectivity index is 2.49. The lowest BCUT2D eigenvalue weighted by molar-refractivity contribution is -0.137. The zero-order valence-corrected chi connectivity index (χ0v) is 11.7. The molecule has 1 aromatic rings. The van der Waals surface area contributed by atoms with Crippen LogP contribution in [0.2, 0.25) is 0 Å². The topological polar surface area (TPSA) is 132 Å². The fraction of sp³-hybridized carbons (Fsp3) is 0.273. The molecule has 0 saturated heterocycles. The van der Waals surface area contributed by atoms with E-state index in [0.29, 0.717) is 16.3 Å². The average molecular weight is 301 g/mol. The van der Waals surface area contributed by atoms with Crippen molar-refractivity contribution in [3.63, 3.8) is 0 Å². The molecule has 19 heavy (non-hydrogen) atoms. The van der Waals surface area contributed by atoms with E-state index >= 15 is 0 Å². The summed E-state index contributed by atoms with van der Waals surface area (Å²) in [4.78, 5) is 22.7. The van der Waals surface area contributed by atoms with Crippen LogP contribution < -0.4 is 17.2 Å². The van der Waals surface area contributed by atoms with Gasteiger partial charge in [-0.2, -0.15) is 0 Å². The summed E-state index contributed by atoms with van der Waals surface area (Å²) < 4.78 is 0. The largest absolute Gasteiger partial charge is 0.481 e. The van der Waals surface area contributed by atoms with Crippen LogP contribution in [0.15, 0.2) is 23.1 Å². The van der Waals surface area contributed by atoms with Gasteiger partial charge in [-0.25, -0.2) is 0 Å². The van der Waals surface area contributed by atoms with Crippen molar-refractivity contribution in [1.29, 1.82) is 0 Å². The van der Waals surface area contributed by atoms with E-state index in [0.717, 1.165) is 10.8 Å². The third-order valence-electron chi connectivity index (χ3n) is 2.29. The zero-order chi connectivity index (χ0) is 14.4. The standard InChI is InChI=1S/C11H15N3O3S2/c12-6-2-1-3-8(10(6)14)18-19-11(17)7(13)4-5-9(15)16/h1-3,7H,4-5,12-14H2,(H,15,16). The van der Waals surface area contributed by atoms with Crippen molar-refractivity contribution in [3.8, 4) is 0 Å². The fourth-order valence-corrected chi connectivity index (χ4v) is 3.26. The normalized spacial score (nSPS) is 12.1. The number of para-hydroxylation sites is 1. The van der Waals surface area contributed by atoms with Gasteiger partial charge in [0.05, 0.1) is 17.4 Å². The first-order valence-corrected chi connectivity index (χ1v) is 7.56. The Morgan fingerprint density at radius 2 is 2.00 bits per heavy atom. The Kier molecular flexibility index (Phi) is 6.00. The Bertz CT molecular complexity index is 482. The highest BCUT2D eigenvalue weighted by atomic mass is 33.1. The summed E-state index contributed by atoms with van der Waals surface area (Å²) in [6.07, 6.45) is -0.00725. The molecular formula is C11H15N3O3S2. The molecule has 7 N–H and O–H groups in total. The van der Waals surface area contributed by atoms with Gasteiger partial charge in [-0.1, -0.05) is 6.07 Å². The van der Waals surface area contributed by atoms with E-state index in [1.54, 1.807) is 18.2 Å². The number of carboxylic acids is 1. The number of carbonyl (C=O) groups is 2. The molecule has 8 heteroatoms. The highest BCUT2D eigenvalue weighted by molar-refractivity contribution is 8.82. The highest BCUT2D eigenvalue weighted by Gasteiger charge is 2.17. The monoisotopic (exact) mass is 301 g/mol. The van der Waals surface area contributed by atoms with Crippen LogP contribution in [0.5, 0.6) is 0 Å². The lowest BCUT2D eigenvalue weighted by Crippen LogP contribution is -2.28. The van der Waals surface area contributed by atoms with Gasteiger partial charge in [0.25, 0.3) is 0 Å². The Labute approximate surface area is 118 Å². The predicted molar refractivity (Wildman–Crippen MR) is 78.6 cm³/mol. The summed E-state index contributed by atoms with van der Waals surface area (Å²) in [7, 11) is 2.10. The van der Waals surface area contributed by atoms with E-state index < -0.39 is 12.0 Å². The van der Waals surface area contributed by atoms with Crippen molar-refractivity contribution in [2.45, 2.75) is 23.8 Å². The van der Waals surface area contributed by atoms with Gasteiger partial charge in [-0.15, -0.1) is 0 Å². The zero-order valence-electron chi connectivity index (χ0n) is 10.0. The second kappa shape index (κ2) is 7.27. The van der Waals surface area contributed by atoms with E-state index in [2.05, 4.69) is 0 Å². The van der Waals surface area contributed by atoms with Crippen LogP contribution >= 0.6 is 21.6 Å². The molecule has 0 aliphatic rings. The Morgan fingerprint density at radius 3 is 2.63 bits per heavy atom. The molecule has 1 rings (SSSR count). The molecule has 1 unspecified atom stereocenters. The number of anilines is 2. The van der Waals surface area contributed by atoms with Crippen LogP contribution in [0.3, 0.4) is 0 Å². The second-order valence-corrected chi connectivity index (χ2v) is 5.96. The van der Waals surface area contributed by atoms with Crippen molar-refractivity contribution >= 4 is 44.0 Å². The molecule has 104 valence electrons. The molecule has 1 aromatic carbocycles. The molecule has 0 aromatic heterocycles. The van der Waals surface area contributed by atoms with Crippen LogP contribution in [0, 0.1) is 0 Å². The van der Waals surface area contributed by atoms with Crippen LogP contribution in [-0.4, -0.2) is 22.2 Å². The number of carboxylic acid groups (broad SMARTS) is 1. The second-order valence-electron chi connectivity index (χ2n) is 3.78. The molecule has 0 radical (unpaired) electrons. The summed E-state index contributed by atoms with van der Waals surface area (Å²) in [5, 5.41) is 8.23. The van der Waals surface area contributed by atoms with Crippen molar-refractivity contribution < 1.29 is 14.7 Å². The number of hydrogen-bond donors (Lipinski definition) is 4. The van der Waals surface area contributed by atoms with Gasteiger partial charge in [-0.05, 0) is 40.1 Å². The SMILES string of the molecule is Nc1cccc(SSC(=O)C(N)CCC(=O)O)c1N. The first-order chi connectivity index (χ1) is 8.91. The lowest BCUT2D eigenvalue weighted by Gasteiger charge is -2.09. The maximum atomic E-state index is 11.7. The number of nitrogens with two attached hydrogens (primary N) is 3. The van der Waals surface area contributed by atoms with E-state index in [9.17, 15) is 9.59 Å².